The van der Waals surface area contributed by atoms with Crippen LogP contribution in [0, 0.1) is 5.82 Å². The molecule has 2 aromatic carbocycles. The van der Waals surface area contributed by atoms with Gasteiger partial charge in [-0.1, -0.05) is 36.4 Å². The van der Waals surface area contributed by atoms with Gasteiger partial charge in [-0.15, -0.1) is 11.3 Å². The van der Waals surface area contributed by atoms with Crippen LogP contribution in [0.3, 0.4) is 0 Å². The van der Waals surface area contributed by atoms with E-state index in [1.807, 2.05) is 30.5 Å². The van der Waals surface area contributed by atoms with Crippen LogP contribution in [0.25, 0.3) is 10.4 Å². The first kappa shape index (κ1) is 22.9. The maximum absolute atomic E-state index is 13.4. The highest BCUT2D eigenvalue weighted by molar-refractivity contribution is 7.13. The van der Waals surface area contributed by atoms with Crippen LogP contribution in [0.15, 0.2) is 60.2 Å². The number of alkyl carbamates (subject to hydrolysis) is 1. The zero-order chi connectivity index (χ0) is 23.2. The molecule has 0 radical (unpaired) electrons. The molecule has 1 aliphatic rings. The SMILES string of the molecule is CC(=O)O[C@H]1CN[C@H](Cc2ccc(-c3cncs3)cc2)[C@@H]1OC(=O)NCc1cccc(F)c1. The number of nitrogens with zero attached hydrogens (tertiary/aromatic N) is 1. The number of amides is 1. The number of carbonyl (C=O) groups is 2. The third kappa shape index (κ3) is 6.15. The lowest BCUT2D eigenvalue weighted by Gasteiger charge is -2.24. The van der Waals surface area contributed by atoms with Gasteiger partial charge >= 0.3 is 12.1 Å². The second-order valence-corrected chi connectivity index (χ2v) is 8.67. The van der Waals surface area contributed by atoms with Crippen molar-refractivity contribution in [1.29, 1.82) is 0 Å². The Morgan fingerprint density at radius 1 is 1.18 bits per heavy atom. The maximum Gasteiger partial charge on any atom is 0.407 e. The molecule has 33 heavy (non-hydrogen) atoms. The molecule has 172 valence electrons. The number of aromatic nitrogens is 1. The van der Waals surface area contributed by atoms with Gasteiger partial charge in [0, 0.05) is 26.2 Å². The van der Waals surface area contributed by atoms with Crippen LogP contribution in [0.5, 0.6) is 0 Å². The van der Waals surface area contributed by atoms with Crippen molar-refractivity contribution in [2.24, 2.45) is 0 Å². The number of hydrogen-bond acceptors (Lipinski definition) is 7. The summed E-state index contributed by atoms with van der Waals surface area (Å²) < 4.78 is 24.4. The van der Waals surface area contributed by atoms with Crippen LogP contribution in [0.2, 0.25) is 0 Å². The molecule has 2 N–H and O–H groups in total. The molecule has 0 unspecified atom stereocenters. The van der Waals surface area contributed by atoms with Gasteiger partial charge in [0.05, 0.1) is 16.4 Å². The summed E-state index contributed by atoms with van der Waals surface area (Å²) in [5.41, 5.74) is 4.55. The molecule has 2 heterocycles. The quantitative estimate of drug-likeness (QED) is 0.513. The van der Waals surface area contributed by atoms with Gasteiger partial charge in [-0.05, 0) is 35.2 Å². The first-order valence-electron chi connectivity index (χ1n) is 10.6. The second kappa shape index (κ2) is 10.5. The summed E-state index contributed by atoms with van der Waals surface area (Å²) in [5.74, 6) is -0.816. The van der Waals surface area contributed by atoms with Crippen molar-refractivity contribution in [3.8, 4) is 10.4 Å². The molecule has 1 aromatic heterocycles. The summed E-state index contributed by atoms with van der Waals surface area (Å²) in [6.07, 6.45) is 0.499. The molecule has 0 aliphatic carbocycles. The zero-order valence-electron chi connectivity index (χ0n) is 18.0. The highest BCUT2D eigenvalue weighted by Crippen LogP contribution is 2.25. The van der Waals surface area contributed by atoms with Crippen LogP contribution < -0.4 is 10.6 Å². The molecular weight excluding hydrogens is 445 g/mol. The summed E-state index contributed by atoms with van der Waals surface area (Å²) in [4.78, 5) is 29.2. The van der Waals surface area contributed by atoms with Gasteiger partial charge in [-0.2, -0.15) is 0 Å². The van der Waals surface area contributed by atoms with Gasteiger partial charge in [0.25, 0.3) is 0 Å². The van der Waals surface area contributed by atoms with Crippen molar-refractivity contribution in [2.45, 2.75) is 38.1 Å². The van der Waals surface area contributed by atoms with E-state index in [2.05, 4.69) is 15.6 Å². The Morgan fingerprint density at radius 2 is 2.00 bits per heavy atom. The van der Waals surface area contributed by atoms with E-state index < -0.39 is 24.3 Å². The minimum Gasteiger partial charge on any atom is -0.457 e. The average Bonchev–Trinajstić information content (AvgIpc) is 3.44. The summed E-state index contributed by atoms with van der Waals surface area (Å²) in [6, 6.07) is 13.8. The van der Waals surface area contributed by atoms with Gasteiger partial charge in [-0.3, -0.25) is 9.78 Å². The minimum absolute atomic E-state index is 0.124. The topological polar surface area (TPSA) is 89.6 Å². The first-order valence-corrected chi connectivity index (χ1v) is 11.4. The Kier molecular flexibility index (Phi) is 7.31. The second-order valence-electron chi connectivity index (χ2n) is 7.78. The van der Waals surface area contributed by atoms with Crippen LogP contribution >= 0.6 is 11.3 Å². The van der Waals surface area contributed by atoms with E-state index in [9.17, 15) is 14.0 Å². The van der Waals surface area contributed by atoms with E-state index >= 15 is 0 Å². The fourth-order valence-corrected chi connectivity index (χ4v) is 4.46. The number of benzene rings is 2. The van der Waals surface area contributed by atoms with Crippen LogP contribution in [-0.2, 0) is 27.2 Å². The van der Waals surface area contributed by atoms with Gasteiger partial charge in [-0.25, -0.2) is 9.18 Å². The normalized spacial score (nSPS) is 19.8. The minimum atomic E-state index is -0.664. The summed E-state index contributed by atoms with van der Waals surface area (Å²) >= 11 is 1.57. The lowest BCUT2D eigenvalue weighted by molar-refractivity contribution is -0.150. The number of carbonyl (C=O) groups excluding carboxylic acids is 2. The average molecular weight is 470 g/mol. The molecule has 1 fully saturated rings. The maximum atomic E-state index is 13.4. The fourth-order valence-electron chi connectivity index (χ4n) is 3.83. The largest absolute Gasteiger partial charge is 0.457 e. The van der Waals surface area contributed by atoms with E-state index in [0.717, 1.165) is 16.0 Å². The van der Waals surface area contributed by atoms with E-state index in [1.54, 1.807) is 29.0 Å². The first-order chi connectivity index (χ1) is 16.0. The Labute approximate surface area is 194 Å². The number of ether oxygens (including phenoxy) is 2. The van der Waals surface area contributed by atoms with Crippen molar-refractivity contribution < 1.29 is 23.5 Å². The van der Waals surface area contributed by atoms with Crippen LogP contribution in [0.4, 0.5) is 9.18 Å². The smallest absolute Gasteiger partial charge is 0.407 e. The standard InChI is InChI=1S/C24H24FN3O4S/c1-15(29)31-21-12-27-20(10-16-5-7-18(8-6-16)22-13-26-14-33-22)23(21)32-24(30)28-11-17-3-2-4-19(25)9-17/h2-9,13-14,20-21,23,27H,10-12H2,1H3,(H,28,30)/t20-,21+,23+/m1/s1. The number of hydrogen-bond donors (Lipinski definition) is 2. The lowest BCUT2D eigenvalue weighted by atomic mass is 10.0. The van der Waals surface area contributed by atoms with Crippen LogP contribution in [0.1, 0.15) is 18.1 Å². The van der Waals surface area contributed by atoms with E-state index in [0.29, 0.717) is 18.5 Å². The molecule has 0 spiro atoms. The van der Waals surface area contributed by atoms with Gasteiger partial charge < -0.3 is 20.1 Å². The molecule has 1 aliphatic heterocycles. The van der Waals surface area contributed by atoms with Crippen molar-refractivity contribution in [2.75, 3.05) is 6.54 Å². The number of rotatable bonds is 7. The molecule has 1 saturated heterocycles. The van der Waals surface area contributed by atoms with Gasteiger partial charge in [0.2, 0.25) is 0 Å². The summed E-state index contributed by atoms with van der Waals surface area (Å²) in [6.45, 7) is 1.83. The van der Waals surface area contributed by atoms with Gasteiger partial charge in [0.15, 0.2) is 12.2 Å². The third-order valence-corrected chi connectivity index (χ3v) is 6.18. The molecule has 1 amide bonds. The van der Waals surface area contributed by atoms with Crippen molar-refractivity contribution in [1.82, 2.24) is 15.6 Å². The molecule has 7 nitrogen and oxygen atoms in total. The van der Waals surface area contributed by atoms with Crippen LogP contribution in [-0.4, -0.2) is 41.8 Å². The highest BCUT2D eigenvalue weighted by atomic mass is 32.1. The molecular formula is C24H24FN3O4S. The van der Waals surface area contributed by atoms with Crippen molar-refractivity contribution >= 4 is 23.4 Å². The molecule has 3 aromatic rings. The molecule has 0 saturated carbocycles. The molecule has 9 heteroatoms. The third-order valence-electron chi connectivity index (χ3n) is 5.36. The summed E-state index contributed by atoms with van der Waals surface area (Å²) in [7, 11) is 0. The Hall–Kier alpha value is -3.30. The number of halogens is 1. The number of thiazole rings is 1. The Morgan fingerprint density at radius 3 is 2.70 bits per heavy atom. The van der Waals surface area contributed by atoms with Crippen molar-refractivity contribution in [3.05, 3.63) is 77.2 Å². The predicted molar refractivity (Wildman–Crippen MR) is 122 cm³/mol. The highest BCUT2D eigenvalue weighted by Gasteiger charge is 2.41. The lowest BCUT2D eigenvalue weighted by Crippen LogP contribution is -2.42. The molecule has 3 atom stereocenters. The summed E-state index contributed by atoms with van der Waals surface area (Å²) in [5, 5.41) is 5.93. The number of esters is 1. The molecule has 4 rings (SSSR count). The number of nitrogens with one attached hydrogen (secondary N) is 2. The van der Waals surface area contributed by atoms with Gasteiger partial charge in [0.1, 0.15) is 5.82 Å². The Balaban J connectivity index is 1.40. The van der Waals surface area contributed by atoms with E-state index in [1.165, 1.54) is 19.1 Å². The monoisotopic (exact) mass is 469 g/mol. The molecule has 0 bridgehead atoms. The van der Waals surface area contributed by atoms with E-state index in [-0.39, 0.29) is 18.4 Å². The van der Waals surface area contributed by atoms with E-state index in [4.69, 9.17) is 9.47 Å². The Bertz CT molecular complexity index is 1090. The zero-order valence-corrected chi connectivity index (χ0v) is 18.8. The fraction of sp³-hybridized carbons (Fsp3) is 0.292. The van der Waals surface area contributed by atoms with Crippen molar-refractivity contribution in [3.63, 3.8) is 0 Å². The predicted octanol–water partition coefficient (Wildman–Crippen LogP) is 3.69.